The van der Waals surface area contributed by atoms with Gasteiger partial charge in [-0.15, -0.1) is 0 Å². The highest BCUT2D eigenvalue weighted by molar-refractivity contribution is 7.72. The average Bonchev–Trinajstić information content (AvgIpc) is 2.46. The Hall–Kier alpha value is -1.65. The van der Waals surface area contributed by atoms with Crippen LogP contribution in [0.25, 0.3) is 0 Å². The van der Waals surface area contributed by atoms with Crippen LogP contribution in [-0.2, 0) is 26.8 Å². The van der Waals surface area contributed by atoms with Crippen molar-refractivity contribution in [2.24, 2.45) is 0 Å². The highest BCUT2D eigenvalue weighted by Gasteiger charge is 2.20. The highest BCUT2D eigenvalue weighted by Crippen LogP contribution is 2.03. The summed E-state index contributed by atoms with van der Waals surface area (Å²) in [6, 6.07) is 4.06. The average molecular weight is 340 g/mol. The molecule has 6 nitrogen and oxygen atoms in total. The second kappa shape index (κ2) is 9.38. The Kier molecular flexibility index (Phi) is 7.85. The lowest BCUT2D eigenvalue weighted by atomic mass is 10.2. The molecule has 0 aromatic heterocycles. The maximum Gasteiger partial charge on any atom is 0.345 e. The predicted octanol–water partition coefficient (Wildman–Crippen LogP) is 0.208. The van der Waals surface area contributed by atoms with E-state index in [-0.39, 0.29) is 6.54 Å². The number of hydrogen-bond donors (Lipinski definition) is 3. The van der Waals surface area contributed by atoms with Gasteiger partial charge in [-0.25, -0.2) is 12.8 Å². The second-order valence-electron chi connectivity index (χ2n) is 4.19. The van der Waals surface area contributed by atoms with Crippen LogP contribution in [0.2, 0.25) is 0 Å². The summed E-state index contributed by atoms with van der Waals surface area (Å²) in [5, 5.41) is 4.71. The van der Waals surface area contributed by atoms with E-state index in [1.54, 1.807) is 0 Å². The van der Waals surface area contributed by atoms with E-state index in [1.165, 1.54) is 24.3 Å². The van der Waals surface area contributed by atoms with Crippen LogP contribution in [0.5, 0.6) is 0 Å². The van der Waals surface area contributed by atoms with E-state index >= 15 is 0 Å². The number of carbonyl (C=O) groups is 1. The van der Waals surface area contributed by atoms with Crippen molar-refractivity contribution in [3.8, 4) is 0 Å². The largest absolute Gasteiger partial charge is 0.351 e. The van der Waals surface area contributed by atoms with E-state index in [2.05, 4.69) is 15.4 Å². The molecule has 22 heavy (non-hydrogen) atoms. The number of thiol groups is 1. The van der Waals surface area contributed by atoms with E-state index < -0.39 is 47.6 Å². The first-order valence-corrected chi connectivity index (χ1v) is 7.52. The van der Waals surface area contributed by atoms with E-state index in [9.17, 15) is 26.4 Å². The van der Waals surface area contributed by atoms with Gasteiger partial charge in [0.1, 0.15) is 11.9 Å². The fourth-order valence-electron chi connectivity index (χ4n) is 1.50. The Labute approximate surface area is 126 Å². The van der Waals surface area contributed by atoms with Gasteiger partial charge in [0.05, 0.1) is 12.5 Å². The first kappa shape index (κ1) is 18.4. The fourth-order valence-corrected chi connectivity index (χ4v) is 1.87. The monoisotopic (exact) mass is 340 g/mol. The molecule has 0 bridgehead atoms. The topological polar surface area (TPSA) is 84.5 Å². The molecule has 0 aliphatic heterocycles. The quantitative estimate of drug-likeness (QED) is 0.560. The van der Waals surface area contributed by atoms with Crippen LogP contribution < -0.4 is 10.6 Å². The van der Waals surface area contributed by atoms with Gasteiger partial charge in [0.25, 0.3) is 0 Å². The Morgan fingerprint density at radius 1 is 1.23 bits per heavy atom. The Bertz CT molecular complexity index is 544. The molecule has 0 radical (unpaired) electrons. The molecule has 0 aliphatic rings. The summed E-state index contributed by atoms with van der Waals surface area (Å²) in [5.41, 5.74) is 0.596. The molecular weight excluding hydrogens is 325 g/mol. The van der Waals surface area contributed by atoms with Crippen molar-refractivity contribution in [2.75, 3.05) is 12.5 Å². The molecule has 0 spiro atoms. The number of rotatable bonds is 9. The third kappa shape index (κ3) is 7.38. The summed E-state index contributed by atoms with van der Waals surface area (Å²) < 4.78 is 61.8. The maximum absolute atomic E-state index is 12.7. The molecule has 0 fully saturated rings. The minimum Gasteiger partial charge on any atom is -0.351 e. The number of carbonyl (C=O) groups excluding carboxylic acids is 1. The molecule has 1 aromatic carbocycles. The van der Waals surface area contributed by atoms with Crippen LogP contribution in [0.3, 0.4) is 0 Å². The number of ether oxygens (including phenoxy) is 1. The lowest BCUT2D eigenvalue weighted by Gasteiger charge is -2.17. The number of amides is 1. The predicted molar refractivity (Wildman–Crippen MR) is 72.3 cm³/mol. The van der Waals surface area contributed by atoms with Gasteiger partial charge in [-0.05, 0) is 17.7 Å². The van der Waals surface area contributed by atoms with Crippen molar-refractivity contribution in [3.05, 3.63) is 35.6 Å². The van der Waals surface area contributed by atoms with Crippen molar-refractivity contribution in [1.82, 2.24) is 10.6 Å². The molecule has 1 rings (SSSR count). The van der Waals surface area contributed by atoms with Crippen molar-refractivity contribution in [2.45, 2.75) is 19.2 Å². The van der Waals surface area contributed by atoms with Crippen molar-refractivity contribution in [3.63, 3.8) is 0 Å². The van der Waals surface area contributed by atoms with E-state index in [0.29, 0.717) is 5.56 Å². The summed E-state index contributed by atoms with van der Waals surface area (Å²) in [6.45, 7) is -3.72. The molecule has 1 aromatic rings. The maximum atomic E-state index is 12.7. The lowest BCUT2D eigenvalue weighted by Crippen LogP contribution is -2.47. The summed E-state index contributed by atoms with van der Waals surface area (Å²) >= 11 is 0. The second-order valence-corrected chi connectivity index (χ2v) is 5.17. The number of nitrogens with one attached hydrogen (secondary N) is 2. The molecule has 1 unspecified atom stereocenters. The number of hydrogen-bond acceptors (Lipinski definition) is 5. The van der Waals surface area contributed by atoms with Gasteiger partial charge in [0.2, 0.25) is 5.91 Å². The normalized spacial score (nSPS) is 12.6. The molecule has 0 saturated carbocycles. The Morgan fingerprint density at radius 3 is 2.41 bits per heavy atom. The summed E-state index contributed by atoms with van der Waals surface area (Å²) in [4.78, 5) is 11.8. The van der Waals surface area contributed by atoms with Gasteiger partial charge in [0.15, 0.2) is 10.7 Å². The Balaban J connectivity index is 2.55. The molecule has 0 heterocycles. The molecule has 10 heteroatoms. The SMILES string of the molecule is O=C(NCc1ccc(F)cc1)C(COC(F)F)NC[SH](=O)=O. The smallest absolute Gasteiger partial charge is 0.345 e. The van der Waals surface area contributed by atoms with Crippen molar-refractivity contribution >= 4 is 16.6 Å². The molecule has 2 N–H and O–H groups in total. The van der Waals surface area contributed by atoms with Crippen LogP contribution in [0.15, 0.2) is 24.3 Å². The van der Waals surface area contributed by atoms with Gasteiger partial charge < -0.3 is 10.1 Å². The van der Waals surface area contributed by atoms with Crippen LogP contribution in [0, 0.1) is 5.82 Å². The third-order valence-corrected chi connectivity index (χ3v) is 2.99. The molecule has 124 valence electrons. The third-order valence-electron chi connectivity index (χ3n) is 2.55. The van der Waals surface area contributed by atoms with Crippen LogP contribution >= 0.6 is 0 Å². The summed E-state index contributed by atoms with van der Waals surface area (Å²) in [7, 11) is -2.82. The van der Waals surface area contributed by atoms with E-state index in [0.717, 1.165) is 0 Å². The van der Waals surface area contributed by atoms with E-state index in [4.69, 9.17) is 0 Å². The van der Waals surface area contributed by atoms with Crippen LogP contribution in [-0.4, -0.2) is 39.5 Å². The van der Waals surface area contributed by atoms with Gasteiger partial charge in [-0.3, -0.25) is 10.1 Å². The van der Waals surface area contributed by atoms with E-state index in [1.807, 2.05) is 0 Å². The van der Waals surface area contributed by atoms with Crippen molar-refractivity contribution < 1.29 is 31.1 Å². The number of halogens is 3. The molecular formula is C12H15F3N2O4S. The highest BCUT2D eigenvalue weighted by atomic mass is 32.2. The summed E-state index contributed by atoms with van der Waals surface area (Å²) in [6.07, 6.45) is 0. The van der Waals surface area contributed by atoms with Gasteiger partial charge in [-0.1, -0.05) is 12.1 Å². The lowest BCUT2D eigenvalue weighted by molar-refractivity contribution is -0.143. The Morgan fingerprint density at radius 2 is 1.86 bits per heavy atom. The van der Waals surface area contributed by atoms with Gasteiger partial charge in [0, 0.05) is 6.54 Å². The zero-order chi connectivity index (χ0) is 16.5. The number of benzene rings is 1. The van der Waals surface area contributed by atoms with Gasteiger partial charge >= 0.3 is 6.61 Å². The first-order valence-electron chi connectivity index (χ1n) is 6.15. The zero-order valence-corrected chi connectivity index (χ0v) is 12.2. The summed E-state index contributed by atoms with van der Waals surface area (Å²) in [5.74, 6) is -1.68. The molecule has 0 saturated heterocycles. The molecule has 1 amide bonds. The van der Waals surface area contributed by atoms with Crippen LogP contribution in [0.1, 0.15) is 5.56 Å². The van der Waals surface area contributed by atoms with Crippen molar-refractivity contribution in [1.29, 1.82) is 0 Å². The molecule has 0 aliphatic carbocycles. The fraction of sp³-hybridized carbons (Fsp3) is 0.417. The van der Waals surface area contributed by atoms with Crippen LogP contribution in [0.4, 0.5) is 13.2 Å². The zero-order valence-electron chi connectivity index (χ0n) is 11.3. The minimum absolute atomic E-state index is 0.0372. The number of alkyl halides is 2. The first-order chi connectivity index (χ1) is 10.4. The van der Waals surface area contributed by atoms with Gasteiger partial charge in [-0.2, -0.15) is 8.78 Å². The standard InChI is InChI=1S/C12H15F3N2O4S/c13-9-3-1-8(2-4-9)5-16-11(18)10(6-21-12(14)15)17-7-22(19)20/h1-4,10,12,17,22H,5-7H2,(H,16,18). The molecule has 1 atom stereocenters. The minimum atomic E-state index is -3.07.